The molecule has 0 atom stereocenters. The average molecular weight is 549 g/mol. The van der Waals surface area contributed by atoms with E-state index in [1.54, 1.807) is 48.5 Å². The van der Waals surface area contributed by atoms with Crippen LogP contribution in [0.25, 0.3) is 0 Å². The molecule has 212 valence electrons. The van der Waals surface area contributed by atoms with E-state index in [0.717, 1.165) is 24.6 Å². The van der Waals surface area contributed by atoms with Crippen molar-refractivity contribution in [2.75, 3.05) is 52.5 Å². The molecule has 2 saturated heterocycles. The number of rotatable bonds is 10. The van der Waals surface area contributed by atoms with Crippen molar-refractivity contribution in [1.29, 1.82) is 0 Å². The Hall–Kier alpha value is -2.61. The van der Waals surface area contributed by atoms with Gasteiger partial charge in [-0.25, -0.2) is 4.79 Å². The number of aromatic carboxylic acids is 1. The standard InChI is InChI=1S/C14H18ClNO2.C14H19NO3.2CH4/c15-14(17)12-4-6-13(7-5-12)18-11-10-16-8-2-1-3-9-16;16-14(17)12-4-6-13(7-5-12)18-11-10-15-8-2-1-3-9-15;;/h4-7H,1-3,8-11H2;4-7H,1-3,8-11H2,(H,16,17);2*1H4. The first-order chi connectivity index (χ1) is 17.5. The summed E-state index contributed by atoms with van der Waals surface area (Å²) in [5, 5.41) is 8.34. The first-order valence-corrected chi connectivity index (χ1v) is 13.2. The van der Waals surface area contributed by atoms with Gasteiger partial charge in [-0.05, 0) is 112 Å². The van der Waals surface area contributed by atoms with Gasteiger partial charge in [0.2, 0.25) is 0 Å². The summed E-state index contributed by atoms with van der Waals surface area (Å²) < 4.78 is 11.3. The van der Waals surface area contributed by atoms with E-state index in [2.05, 4.69) is 9.80 Å². The molecule has 4 rings (SSSR count). The van der Waals surface area contributed by atoms with Gasteiger partial charge in [-0.3, -0.25) is 14.6 Å². The minimum Gasteiger partial charge on any atom is -0.492 e. The van der Waals surface area contributed by atoms with Gasteiger partial charge in [0.25, 0.3) is 5.24 Å². The number of carboxylic acids is 1. The van der Waals surface area contributed by atoms with Crippen molar-refractivity contribution in [3.05, 3.63) is 59.7 Å². The fourth-order valence-corrected chi connectivity index (χ4v) is 4.45. The third kappa shape index (κ3) is 12.3. The predicted molar refractivity (Wildman–Crippen MR) is 155 cm³/mol. The number of benzene rings is 2. The summed E-state index contributed by atoms with van der Waals surface area (Å²) in [4.78, 5) is 26.4. The van der Waals surface area contributed by atoms with Crippen LogP contribution in [-0.2, 0) is 0 Å². The number of piperidine rings is 2. The number of hydrogen-bond donors (Lipinski definition) is 1. The van der Waals surface area contributed by atoms with E-state index in [9.17, 15) is 9.59 Å². The first-order valence-electron chi connectivity index (χ1n) is 12.8. The molecular weight excluding hydrogens is 504 g/mol. The molecular formula is C30H45ClN2O5. The maximum atomic E-state index is 10.9. The molecule has 1 N–H and O–H groups in total. The quantitative estimate of drug-likeness (QED) is 0.342. The third-order valence-corrected chi connectivity index (χ3v) is 6.65. The molecule has 0 aliphatic carbocycles. The van der Waals surface area contributed by atoms with Gasteiger partial charge in [-0.2, -0.15) is 0 Å². The van der Waals surface area contributed by atoms with Crippen molar-refractivity contribution < 1.29 is 24.2 Å². The Bertz CT molecular complexity index is 847. The van der Waals surface area contributed by atoms with E-state index in [4.69, 9.17) is 26.2 Å². The lowest BCUT2D eigenvalue weighted by Crippen LogP contribution is -2.33. The highest BCUT2D eigenvalue weighted by molar-refractivity contribution is 6.67. The molecule has 0 radical (unpaired) electrons. The molecule has 0 unspecified atom stereocenters. The van der Waals surface area contributed by atoms with Crippen LogP contribution in [0.5, 0.6) is 11.5 Å². The van der Waals surface area contributed by atoms with Gasteiger partial charge >= 0.3 is 5.97 Å². The molecule has 2 fully saturated rings. The smallest absolute Gasteiger partial charge is 0.335 e. The van der Waals surface area contributed by atoms with Gasteiger partial charge < -0.3 is 14.6 Å². The van der Waals surface area contributed by atoms with Crippen LogP contribution < -0.4 is 9.47 Å². The van der Waals surface area contributed by atoms with Crippen LogP contribution in [0.15, 0.2) is 48.5 Å². The summed E-state index contributed by atoms with van der Waals surface area (Å²) >= 11 is 5.38. The molecule has 8 heteroatoms. The zero-order chi connectivity index (χ0) is 25.6. The maximum Gasteiger partial charge on any atom is 0.335 e. The second-order valence-corrected chi connectivity index (χ2v) is 9.47. The fraction of sp³-hybridized carbons (Fsp3) is 0.533. The van der Waals surface area contributed by atoms with Crippen LogP contribution in [0, 0.1) is 0 Å². The highest BCUT2D eigenvalue weighted by atomic mass is 35.5. The van der Waals surface area contributed by atoms with E-state index in [-0.39, 0.29) is 14.9 Å². The van der Waals surface area contributed by atoms with Crippen molar-refractivity contribution in [3.63, 3.8) is 0 Å². The van der Waals surface area contributed by atoms with Crippen molar-refractivity contribution >= 4 is 22.8 Å². The molecule has 0 amide bonds. The van der Waals surface area contributed by atoms with Crippen LogP contribution in [0.1, 0.15) is 74.1 Å². The summed E-state index contributed by atoms with van der Waals surface area (Å²) in [7, 11) is 0. The third-order valence-electron chi connectivity index (χ3n) is 6.43. The van der Waals surface area contributed by atoms with Crippen LogP contribution in [0.3, 0.4) is 0 Å². The summed E-state index contributed by atoms with van der Waals surface area (Å²) in [6.07, 6.45) is 7.86. The molecule has 0 bridgehead atoms. The van der Waals surface area contributed by atoms with Crippen LogP contribution in [0.2, 0.25) is 0 Å². The lowest BCUT2D eigenvalue weighted by Gasteiger charge is -2.26. The number of hydrogen-bond acceptors (Lipinski definition) is 6. The van der Waals surface area contributed by atoms with E-state index < -0.39 is 11.2 Å². The molecule has 2 aliphatic heterocycles. The topological polar surface area (TPSA) is 79.3 Å². The number of carbonyl (C=O) groups is 2. The first kappa shape index (κ1) is 33.4. The number of ether oxygens (including phenoxy) is 2. The molecule has 0 aromatic heterocycles. The van der Waals surface area contributed by atoms with E-state index in [1.165, 1.54) is 64.7 Å². The van der Waals surface area contributed by atoms with E-state index >= 15 is 0 Å². The molecule has 0 spiro atoms. The van der Waals surface area contributed by atoms with Gasteiger partial charge in [-0.15, -0.1) is 0 Å². The lowest BCUT2D eigenvalue weighted by atomic mass is 10.1. The molecule has 7 nitrogen and oxygen atoms in total. The Labute approximate surface area is 233 Å². The van der Waals surface area contributed by atoms with Crippen molar-refractivity contribution in [2.45, 2.75) is 53.4 Å². The maximum absolute atomic E-state index is 10.9. The molecule has 0 saturated carbocycles. The second kappa shape index (κ2) is 18.6. The van der Waals surface area contributed by atoms with Crippen molar-refractivity contribution in [3.8, 4) is 11.5 Å². The molecule has 2 aromatic carbocycles. The Morgan fingerprint density at radius 1 is 0.658 bits per heavy atom. The Morgan fingerprint density at radius 3 is 1.37 bits per heavy atom. The van der Waals surface area contributed by atoms with Gasteiger partial charge in [-0.1, -0.05) is 27.7 Å². The molecule has 2 aromatic rings. The Balaban J connectivity index is 0.000000361. The van der Waals surface area contributed by atoms with Gasteiger partial charge in [0.1, 0.15) is 24.7 Å². The summed E-state index contributed by atoms with van der Waals surface area (Å²) in [5.74, 6) is 0.612. The monoisotopic (exact) mass is 548 g/mol. The zero-order valence-electron chi connectivity index (χ0n) is 20.9. The average Bonchev–Trinajstić information content (AvgIpc) is 2.91. The molecule has 38 heavy (non-hydrogen) atoms. The largest absolute Gasteiger partial charge is 0.492 e. The summed E-state index contributed by atoms with van der Waals surface area (Å²) in [6, 6.07) is 13.5. The number of likely N-dealkylation sites (tertiary alicyclic amines) is 2. The number of carboxylic acid groups (broad SMARTS) is 1. The zero-order valence-corrected chi connectivity index (χ0v) is 21.6. The Morgan fingerprint density at radius 2 is 1.03 bits per heavy atom. The highest BCUT2D eigenvalue weighted by Gasteiger charge is 2.10. The molecule has 2 heterocycles. The van der Waals surface area contributed by atoms with Crippen molar-refractivity contribution in [1.82, 2.24) is 9.80 Å². The van der Waals surface area contributed by atoms with Crippen molar-refractivity contribution in [2.24, 2.45) is 0 Å². The normalized spacial score (nSPS) is 15.6. The number of nitrogens with zero attached hydrogens (tertiary/aromatic N) is 2. The van der Waals surface area contributed by atoms with Crippen LogP contribution in [-0.4, -0.2) is 78.6 Å². The summed E-state index contributed by atoms with van der Waals surface area (Å²) in [6.45, 7) is 7.96. The van der Waals surface area contributed by atoms with E-state index in [0.29, 0.717) is 24.3 Å². The minimum atomic E-state index is -0.908. The Kier molecular flexibility index (Phi) is 16.4. The highest BCUT2D eigenvalue weighted by Crippen LogP contribution is 2.15. The van der Waals surface area contributed by atoms with Gasteiger partial charge in [0, 0.05) is 18.7 Å². The number of halogens is 1. The van der Waals surface area contributed by atoms with Crippen LogP contribution in [0.4, 0.5) is 0 Å². The fourth-order valence-electron chi connectivity index (χ4n) is 4.33. The minimum absolute atomic E-state index is 0. The number of carbonyl (C=O) groups excluding carboxylic acids is 1. The molecule has 2 aliphatic rings. The SMILES string of the molecule is C.C.O=C(Cl)c1ccc(OCCN2CCCCC2)cc1.O=C(O)c1ccc(OCCN2CCCCC2)cc1. The second-order valence-electron chi connectivity index (χ2n) is 9.13. The van der Waals surface area contributed by atoms with E-state index in [1.807, 2.05) is 0 Å². The predicted octanol–water partition coefficient (Wildman–Crippen LogP) is 6.45. The lowest BCUT2D eigenvalue weighted by molar-refractivity contribution is 0.0696. The van der Waals surface area contributed by atoms with Gasteiger partial charge in [0.15, 0.2) is 0 Å². The summed E-state index contributed by atoms with van der Waals surface area (Å²) in [5.41, 5.74) is 0.790. The van der Waals surface area contributed by atoms with Gasteiger partial charge in [0.05, 0.1) is 5.56 Å². The van der Waals surface area contributed by atoms with Crippen LogP contribution >= 0.6 is 11.6 Å².